The van der Waals surface area contributed by atoms with Crippen molar-refractivity contribution < 1.29 is 23.0 Å². The van der Waals surface area contributed by atoms with Crippen molar-refractivity contribution in [3.8, 4) is 5.75 Å². The summed E-state index contributed by atoms with van der Waals surface area (Å²) in [5.41, 5.74) is 2.04. The van der Waals surface area contributed by atoms with Gasteiger partial charge in [0.05, 0.1) is 12.7 Å². The van der Waals surface area contributed by atoms with E-state index in [2.05, 4.69) is 32.4 Å². The molecule has 0 aromatic heterocycles. The van der Waals surface area contributed by atoms with Crippen molar-refractivity contribution in [3.05, 3.63) is 65.7 Å². The highest BCUT2D eigenvalue weighted by molar-refractivity contribution is 5.73. The lowest BCUT2D eigenvalue weighted by molar-refractivity contribution is -0.0498. The molecule has 1 saturated heterocycles. The van der Waals surface area contributed by atoms with Crippen LogP contribution in [0.15, 0.2) is 54.6 Å². The van der Waals surface area contributed by atoms with Gasteiger partial charge in [-0.2, -0.15) is 8.78 Å². The topological polar surface area (TPSA) is 62.8 Å². The number of carbonyl (C=O) groups excluding carboxylic acids is 1. The minimum Gasteiger partial charge on any atom is -0.435 e. The average molecular weight is 405 g/mol. The first-order valence-electron chi connectivity index (χ1n) is 9.52. The molecular weight excluding hydrogens is 380 g/mol. The first-order valence-corrected chi connectivity index (χ1v) is 9.52. The van der Waals surface area contributed by atoms with Crippen LogP contribution >= 0.6 is 0 Å². The number of nitrogens with one attached hydrogen (secondary N) is 2. The Labute approximate surface area is 168 Å². The van der Waals surface area contributed by atoms with Crippen molar-refractivity contribution in [1.29, 1.82) is 0 Å². The minimum atomic E-state index is -2.85. The molecule has 1 atom stereocenters. The van der Waals surface area contributed by atoms with Crippen molar-refractivity contribution in [2.75, 3.05) is 26.2 Å². The highest BCUT2D eigenvalue weighted by Gasteiger charge is 2.21. The van der Waals surface area contributed by atoms with E-state index in [-0.39, 0.29) is 24.4 Å². The Bertz CT molecular complexity index is 760. The Hall–Kier alpha value is -2.71. The normalized spacial score (nSPS) is 17.1. The van der Waals surface area contributed by atoms with E-state index in [9.17, 15) is 13.6 Å². The Morgan fingerprint density at radius 2 is 1.86 bits per heavy atom. The molecule has 0 spiro atoms. The molecule has 6 nitrogen and oxygen atoms in total. The zero-order chi connectivity index (χ0) is 20.5. The summed E-state index contributed by atoms with van der Waals surface area (Å²) in [4.78, 5) is 14.3. The number of hydrogen-bond acceptors (Lipinski definition) is 4. The van der Waals surface area contributed by atoms with E-state index in [0.717, 1.165) is 25.2 Å². The quantitative estimate of drug-likeness (QED) is 0.709. The summed E-state index contributed by atoms with van der Waals surface area (Å²) >= 11 is 0. The fraction of sp³-hybridized carbons (Fsp3) is 0.381. The Morgan fingerprint density at radius 1 is 1.10 bits per heavy atom. The van der Waals surface area contributed by atoms with E-state index >= 15 is 0 Å². The van der Waals surface area contributed by atoms with Crippen LogP contribution in [-0.2, 0) is 17.8 Å². The maximum absolute atomic E-state index is 12.1. The van der Waals surface area contributed by atoms with E-state index in [0.29, 0.717) is 13.2 Å². The van der Waals surface area contributed by atoms with Crippen LogP contribution in [0, 0.1) is 0 Å². The average Bonchev–Trinajstić information content (AvgIpc) is 2.72. The lowest BCUT2D eigenvalue weighted by atomic mass is 10.2. The fourth-order valence-electron chi connectivity index (χ4n) is 3.13. The summed E-state index contributed by atoms with van der Waals surface area (Å²) in [6, 6.07) is 16.1. The van der Waals surface area contributed by atoms with E-state index in [1.807, 2.05) is 18.2 Å². The van der Waals surface area contributed by atoms with Gasteiger partial charge in [-0.25, -0.2) is 4.79 Å². The minimum absolute atomic E-state index is 0.0657. The summed E-state index contributed by atoms with van der Waals surface area (Å²) in [5.74, 6) is 0.0858. The monoisotopic (exact) mass is 405 g/mol. The van der Waals surface area contributed by atoms with Crippen molar-refractivity contribution in [2.45, 2.75) is 25.8 Å². The summed E-state index contributed by atoms with van der Waals surface area (Å²) < 4.78 is 34.3. The zero-order valence-electron chi connectivity index (χ0n) is 16.0. The molecule has 2 N–H and O–H groups in total. The molecule has 156 valence electrons. The molecule has 0 radical (unpaired) electrons. The third-order valence-corrected chi connectivity index (χ3v) is 4.56. The molecule has 1 fully saturated rings. The molecule has 1 heterocycles. The molecule has 0 aliphatic carbocycles. The Balaban J connectivity index is 1.36. The molecule has 0 saturated carbocycles. The van der Waals surface area contributed by atoms with Crippen LogP contribution in [0.4, 0.5) is 13.6 Å². The highest BCUT2D eigenvalue weighted by Crippen LogP contribution is 2.15. The second kappa shape index (κ2) is 10.7. The van der Waals surface area contributed by atoms with Gasteiger partial charge >= 0.3 is 12.6 Å². The van der Waals surface area contributed by atoms with E-state index in [1.54, 1.807) is 12.1 Å². The van der Waals surface area contributed by atoms with Crippen LogP contribution in [0.5, 0.6) is 5.75 Å². The van der Waals surface area contributed by atoms with Crippen LogP contribution in [0.3, 0.4) is 0 Å². The molecule has 2 aromatic rings. The number of hydrogen-bond donors (Lipinski definition) is 2. The molecule has 1 aliphatic rings. The van der Waals surface area contributed by atoms with Crippen molar-refractivity contribution in [3.63, 3.8) is 0 Å². The van der Waals surface area contributed by atoms with Crippen LogP contribution in [0.1, 0.15) is 11.1 Å². The van der Waals surface area contributed by atoms with Gasteiger partial charge < -0.3 is 20.1 Å². The predicted octanol–water partition coefficient (Wildman–Crippen LogP) is 2.99. The van der Waals surface area contributed by atoms with Crippen LogP contribution < -0.4 is 15.4 Å². The molecule has 0 bridgehead atoms. The van der Waals surface area contributed by atoms with Gasteiger partial charge in [0.15, 0.2) is 0 Å². The third kappa shape index (κ3) is 7.32. The van der Waals surface area contributed by atoms with Gasteiger partial charge in [0, 0.05) is 32.7 Å². The molecular formula is C21H25F2N3O3. The Kier molecular flexibility index (Phi) is 7.77. The number of amides is 2. The smallest absolute Gasteiger partial charge is 0.387 e. The van der Waals surface area contributed by atoms with Crippen LogP contribution in [-0.4, -0.2) is 49.9 Å². The second-order valence-corrected chi connectivity index (χ2v) is 6.80. The van der Waals surface area contributed by atoms with Gasteiger partial charge in [-0.15, -0.1) is 0 Å². The maximum atomic E-state index is 12.1. The van der Waals surface area contributed by atoms with E-state index < -0.39 is 6.61 Å². The largest absolute Gasteiger partial charge is 0.435 e. The number of ether oxygens (including phenoxy) is 2. The zero-order valence-corrected chi connectivity index (χ0v) is 16.0. The molecule has 2 amide bonds. The predicted molar refractivity (Wildman–Crippen MR) is 105 cm³/mol. The summed E-state index contributed by atoms with van der Waals surface area (Å²) in [6.45, 7) is 0.954. The number of benzene rings is 2. The fourth-order valence-corrected chi connectivity index (χ4v) is 3.13. The van der Waals surface area contributed by atoms with Crippen molar-refractivity contribution >= 4 is 6.03 Å². The number of carbonyl (C=O) groups is 1. The van der Waals surface area contributed by atoms with Gasteiger partial charge in [0.25, 0.3) is 0 Å². The number of halogens is 2. The highest BCUT2D eigenvalue weighted by atomic mass is 19.3. The SMILES string of the molecule is O=C(NCc1ccc(OC(F)F)cc1)NCC1CN(Cc2ccccc2)CCO1. The molecule has 2 aromatic carbocycles. The molecule has 1 unspecified atom stereocenters. The summed E-state index contributed by atoms with van der Waals surface area (Å²) in [7, 11) is 0. The van der Waals surface area contributed by atoms with Crippen LogP contribution in [0.25, 0.3) is 0 Å². The van der Waals surface area contributed by atoms with Crippen molar-refractivity contribution in [2.24, 2.45) is 0 Å². The second-order valence-electron chi connectivity index (χ2n) is 6.80. The van der Waals surface area contributed by atoms with E-state index in [4.69, 9.17) is 4.74 Å². The molecule has 1 aliphatic heterocycles. The van der Waals surface area contributed by atoms with Crippen molar-refractivity contribution in [1.82, 2.24) is 15.5 Å². The first kappa shape index (κ1) is 21.0. The first-order chi connectivity index (χ1) is 14.1. The lowest BCUT2D eigenvalue weighted by Crippen LogP contribution is -2.48. The number of rotatable bonds is 8. The van der Waals surface area contributed by atoms with Gasteiger partial charge in [0.1, 0.15) is 5.75 Å². The molecule has 3 rings (SSSR count). The van der Waals surface area contributed by atoms with E-state index in [1.165, 1.54) is 17.7 Å². The van der Waals surface area contributed by atoms with Gasteiger partial charge in [-0.1, -0.05) is 42.5 Å². The maximum Gasteiger partial charge on any atom is 0.387 e. The lowest BCUT2D eigenvalue weighted by Gasteiger charge is -2.33. The number of alkyl halides is 2. The third-order valence-electron chi connectivity index (χ3n) is 4.56. The van der Waals surface area contributed by atoms with Crippen LogP contribution in [0.2, 0.25) is 0 Å². The number of nitrogens with zero attached hydrogens (tertiary/aromatic N) is 1. The Morgan fingerprint density at radius 3 is 2.59 bits per heavy atom. The standard InChI is InChI=1S/C21H25F2N3O3/c22-20(23)29-18-8-6-16(7-9-18)12-24-21(27)25-13-19-15-26(10-11-28-19)14-17-4-2-1-3-5-17/h1-9,19-20H,10-15H2,(H2,24,25,27). The summed E-state index contributed by atoms with van der Waals surface area (Å²) in [5, 5.41) is 5.56. The summed E-state index contributed by atoms with van der Waals surface area (Å²) in [6.07, 6.45) is -0.0657. The van der Waals surface area contributed by atoms with Gasteiger partial charge in [-0.3, -0.25) is 4.90 Å². The number of morpholine rings is 1. The van der Waals surface area contributed by atoms with Gasteiger partial charge in [-0.05, 0) is 23.3 Å². The number of urea groups is 1. The molecule has 29 heavy (non-hydrogen) atoms. The van der Waals surface area contributed by atoms with Gasteiger partial charge in [0.2, 0.25) is 0 Å². The molecule has 8 heteroatoms.